The number of aromatic nitrogens is 2. The van der Waals surface area contributed by atoms with Crippen LogP contribution >= 0.6 is 15.2 Å². The minimum absolute atomic E-state index is 0.113. The third kappa shape index (κ3) is 24.0. The van der Waals surface area contributed by atoms with Crippen LogP contribution in [0, 0.1) is 11.8 Å². The molecule has 2 saturated carbocycles. The van der Waals surface area contributed by atoms with Crippen LogP contribution in [-0.4, -0.2) is 151 Å². The molecule has 38 heteroatoms. The molecule has 2 aromatic heterocycles. The van der Waals surface area contributed by atoms with Gasteiger partial charge in [-0.1, -0.05) is 63.1 Å². The maximum atomic E-state index is 14.2. The Hall–Kier alpha value is -6.24. The number of ether oxygens (including phenoxy) is 6. The van der Waals surface area contributed by atoms with E-state index in [9.17, 15) is 64.9 Å². The van der Waals surface area contributed by atoms with E-state index in [-0.39, 0.29) is 43.3 Å². The number of hydrogen-bond acceptors (Lipinski definition) is 24. The molecule has 2 amide bonds. The summed E-state index contributed by atoms with van der Waals surface area (Å²) in [4.78, 5) is 49.1. The first-order valence-electron chi connectivity index (χ1n) is 30.2. The van der Waals surface area contributed by atoms with E-state index in [1.165, 1.54) is 16.8 Å². The summed E-state index contributed by atoms with van der Waals surface area (Å²) < 4.78 is 208. The van der Waals surface area contributed by atoms with E-state index in [0.717, 1.165) is 64.2 Å². The Kier molecular flexibility index (Phi) is 28.1. The predicted octanol–water partition coefficient (Wildman–Crippen LogP) is 6.89. The van der Waals surface area contributed by atoms with Gasteiger partial charge in [-0.15, -0.1) is 0 Å². The van der Waals surface area contributed by atoms with Gasteiger partial charge in [0, 0.05) is 12.1 Å². The minimum Gasteiger partial charge on any atom is -0.741 e. The summed E-state index contributed by atoms with van der Waals surface area (Å²) in [5.41, 5.74) is 0.0344. The molecule has 0 radical (unpaired) electrons. The summed E-state index contributed by atoms with van der Waals surface area (Å²) in [6.45, 7) is 6.34. The third-order valence-corrected chi connectivity index (χ3v) is 20.3. The zero-order valence-electron chi connectivity index (χ0n) is 52.6. The van der Waals surface area contributed by atoms with Crippen LogP contribution in [0.1, 0.15) is 125 Å². The van der Waals surface area contributed by atoms with E-state index in [4.69, 9.17) is 83.9 Å². The number of aliphatic hydroxyl groups is 2. The van der Waals surface area contributed by atoms with Crippen LogP contribution in [0.25, 0.3) is 0 Å². The van der Waals surface area contributed by atoms with Gasteiger partial charge in [0.05, 0.1) is 37.4 Å². The fraction of sp³-hybridized carbons (Fsp3) is 0.559. The molecule has 0 bridgehead atoms. The Morgan fingerprint density at radius 1 is 0.588 bits per heavy atom. The van der Waals surface area contributed by atoms with Crippen molar-refractivity contribution >= 4 is 59.2 Å². The second-order valence-electron chi connectivity index (χ2n) is 23.5. The summed E-state index contributed by atoms with van der Waals surface area (Å²) in [6.07, 6.45) is 7.92. The molecule has 3 saturated heterocycles. The molecule has 4 unspecified atom stereocenters. The number of esters is 2. The largest absolute Gasteiger partial charge is 0.741 e. The van der Waals surface area contributed by atoms with Crippen molar-refractivity contribution in [3.05, 3.63) is 121 Å². The molecule has 6 N–H and O–H groups in total. The summed E-state index contributed by atoms with van der Waals surface area (Å²) >= 11 is 0. The average molecular weight is 1470 g/mol. The highest BCUT2D eigenvalue weighted by atomic mass is 32.2. The summed E-state index contributed by atoms with van der Waals surface area (Å²) in [5, 5.41) is 21.3. The van der Waals surface area contributed by atoms with Crippen molar-refractivity contribution in [3.63, 3.8) is 0 Å². The van der Waals surface area contributed by atoms with Crippen LogP contribution < -0.4 is 29.6 Å². The number of carbonyl (C=O) groups excluding carboxylic acids is 4. The number of primary amides is 2. The van der Waals surface area contributed by atoms with Gasteiger partial charge in [0.1, 0.15) is 59.2 Å². The van der Waals surface area contributed by atoms with Gasteiger partial charge in [-0.25, -0.2) is 26.0 Å². The van der Waals surface area contributed by atoms with Gasteiger partial charge in [-0.05, 0) is 102 Å². The molecule has 0 spiro atoms. The monoisotopic (exact) mass is 1460 g/mol. The van der Waals surface area contributed by atoms with Crippen molar-refractivity contribution in [1.82, 2.24) is 0 Å². The van der Waals surface area contributed by atoms with E-state index in [1.54, 1.807) is 124 Å². The van der Waals surface area contributed by atoms with Crippen molar-refractivity contribution in [1.29, 1.82) is 0 Å². The molecule has 97 heavy (non-hydrogen) atoms. The second kappa shape index (κ2) is 34.2. The fourth-order valence-corrected chi connectivity index (χ4v) is 14.1. The van der Waals surface area contributed by atoms with Crippen LogP contribution in [0.2, 0.25) is 0 Å². The van der Waals surface area contributed by atoms with Crippen LogP contribution in [0.5, 0.6) is 11.5 Å². The highest BCUT2D eigenvalue weighted by Gasteiger charge is 2.60. The molecule has 28 nitrogen and oxygen atoms in total. The average Bonchev–Trinajstić information content (AvgIpc) is 1.61. The number of carbonyl (C=O) groups is 4. The zero-order chi connectivity index (χ0) is 71.9. The number of hydrogen-bond donors (Lipinski definition) is 4. The molecule has 5 aliphatic rings. The van der Waals surface area contributed by atoms with Crippen molar-refractivity contribution in [2.24, 2.45) is 23.3 Å². The Balaban J connectivity index is 0.000000250. The van der Waals surface area contributed by atoms with E-state index < -0.39 is 137 Å². The number of alkyl halides is 6. The lowest BCUT2D eigenvalue weighted by molar-refractivity contribution is -0.766. The lowest BCUT2D eigenvalue weighted by Gasteiger charge is -2.27. The SMILES string of the molecule is C[C@H](CP(=O)(OC[C@H]1O[C@@H]([n+]2cccc(C(N)=O)c2)C(O)[C@H]1O)Oc1ccccc1)C(=O)OC1CCCCC1.C[C@H](CP(=O)(OC[C@H]1O[C@@H]([n+]2cccc(C(N)=O)c2)C2OC(C)(C)O[C@H]21)Oc1ccccc1)C(=O)OC1CCCCC1.O=S(=O)([O-])C(F)(F)F.O=S(=O)([O-])C(F)(F)F. The van der Waals surface area contributed by atoms with Crippen LogP contribution in [-0.2, 0) is 76.4 Å². The maximum absolute atomic E-state index is 14.2. The van der Waals surface area contributed by atoms with Crippen molar-refractivity contribution in [2.45, 2.75) is 170 Å². The Labute approximate surface area is 554 Å². The number of amides is 2. The highest BCUT2D eigenvalue weighted by Crippen LogP contribution is 2.53. The quantitative estimate of drug-likeness (QED) is 0.0155. The van der Waals surface area contributed by atoms with Gasteiger partial charge < -0.3 is 68.3 Å². The number of nitrogens with two attached hydrogens (primary N) is 2. The van der Waals surface area contributed by atoms with Gasteiger partial charge in [0.2, 0.25) is 0 Å². The van der Waals surface area contributed by atoms with Crippen LogP contribution in [0.3, 0.4) is 0 Å². The van der Waals surface area contributed by atoms with Crippen LogP contribution in [0.15, 0.2) is 110 Å². The lowest BCUT2D eigenvalue weighted by Crippen LogP contribution is -2.46. The molecular formula is C59H76F6N4O24P2S2. The van der Waals surface area contributed by atoms with Gasteiger partial charge >= 0.3 is 38.1 Å². The topological polar surface area (TPSA) is 409 Å². The standard InChI is InChI=1S/C30H39N2O9P.C27H35N2O9P.2CHF3O3S/c1-20(29(34)37-22-12-6-4-7-13-22)19-42(35,41-23-14-8-5-9-15-23)36-18-24-25-26(40-30(2,3)39-25)28(38-24)32-16-10-11-21(17-32)27(31)33;1-18(27(33)36-20-10-4-2-5-11-20)17-39(34,38-21-12-6-3-7-13-21)35-16-22-23(30)24(31)26(37-22)29-14-8-9-19(15-29)25(28)32;2*2-1(3,4)8(5,6)7/h5,8-11,14-17,20,22,24-26,28H,4,6-7,12-13,18-19H2,1-3H3,(H-,31,33);3,6-9,12-15,18,20,22-24,26,30-31H,2,4-5,10-11,16-17H2,1H3,(H-,28,32);2*(H,5,6,7)/t20-,24-,25+,26?,28-,42?;18-,22-,23+,24?,26-,39?;;/m11../s1. The number of pyridine rings is 2. The molecule has 4 aromatic rings. The highest BCUT2D eigenvalue weighted by molar-refractivity contribution is 7.86. The van der Waals surface area contributed by atoms with E-state index in [0.29, 0.717) is 17.1 Å². The fourth-order valence-electron chi connectivity index (χ4n) is 10.4. The first-order valence-corrected chi connectivity index (χ1v) is 36.5. The number of aliphatic hydroxyl groups excluding tert-OH is 2. The van der Waals surface area contributed by atoms with Crippen molar-refractivity contribution in [2.75, 3.05) is 25.5 Å². The van der Waals surface area contributed by atoms with Gasteiger partial charge in [-0.3, -0.25) is 28.2 Å². The van der Waals surface area contributed by atoms with Gasteiger partial charge in [0.15, 0.2) is 63.0 Å². The first-order chi connectivity index (χ1) is 45.2. The normalized spacial score (nSPS) is 24.6. The molecule has 2 aromatic carbocycles. The Morgan fingerprint density at radius 2 is 0.948 bits per heavy atom. The number of fused-ring (bicyclic) bond motifs is 1. The minimum atomic E-state index is -6.09. The number of para-hydroxylation sites is 2. The lowest BCUT2D eigenvalue weighted by atomic mass is 9.98. The van der Waals surface area contributed by atoms with Crippen molar-refractivity contribution < 1.29 is 146 Å². The second-order valence-corrected chi connectivity index (χ2v) is 30.3. The third-order valence-electron chi connectivity index (χ3n) is 15.1. The first kappa shape index (κ1) is 79.7. The van der Waals surface area contributed by atoms with Gasteiger partial charge in [0.25, 0.3) is 24.3 Å². The molecule has 12 atom stereocenters. The van der Waals surface area contributed by atoms with Gasteiger partial charge in [-0.2, -0.15) is 35.5 Å². The Bertz CT molecular complexity index is 3570. The molecule has 3 aliphatic heterocycles. The number of benzene rings is 2. The number of nitrogens with zero attached hydrogens (tertiary/aromatic N) is 2. The molecule has 2 aliphatic carbocycles. The number of halogens is 6. The molecular weight excluding hydrogens is 1390 g/mol. The smallest absolute Gasteiger partial charge is 0.485 e. The maximum Gasteiger partial charge on any atom is 0.485 e. The number of rotatable bonds is 22. The summed E-state index contributed by atoms with van der Waals surface area (Å²) in [7, 11) is -20.0. The van der Waals surface area contributed by atoms with E-state index in [2.05, 4.69) is 0 Å². The van der Waals surface area contributed by atoms with E-state index in [1.807, 2.05) is 6.07 Å². The van der Waals surface area contributed by atoms with Crippen LogP contribution in [0.4, 0.5) is 26.3 Å². The Morgan fingerprint density at radius 3 is 1.33 bits per heavy atom. The molecule has 5 fully saturated rings. The summed E-state index contributed by atoms with van der Waals surface area (Å²) in [5.74, 6) is -3.87. The summed E-state index contributed by atoms with van der Waals surface area (Å²) in [6, 6.07) is 23.5. The van der Waals surface area contributed by atoms with Crippen molar-refractivity contribution in [3.8, 4) is 11.5 Å². The molecule has 5 heterocycles. The van der Waals surface area contributed by atoms with E-state index >= 15 is 0 Å². The zero-order valence-corrected chi connectivity index (χ0v) is 56.0. The predicted molar refractivity (Wildman–Crippen MR) is 321 cm³/mol. The molecule has 9 rings (SSSR count). The molecule has 540 valence electrons.